The topological polar surface area (TPSA) is 99.7 Å². The van der Waals surface area contributed by atoms with Crippen LogP contribution in [0.3, 0.4) is 0 Å². The van der Waals surface area contributed by atoms with E-state index in [0.29, 0.717) is 17.4 Å². The molecule has 4 rings (SSSR count). The van der Waals surface area contributed by atoms with Crippen LogP contribution in [0.15, 0.2) is 18.2 Å². The van der Waals surface area contributed by atoms with Gasteiger partial charge in [0.25, 0.3) is 0 Å². The van der Waals surface area contributed by atoms with Gasteiger partial charge >= 0.3 is 12.1 Å². The van der Waals surface area contributed by atoms with Gasteiger partial charge in [-0.25, -0.2) is 13.2 Å². The third-order valence-electron chi connectivity index (χ3n) is 5.68. The first-order chi connectivity index (χ1) is 14.5. The number of sulfone groups is 1. The second-order valence-corrected chi connectivity index (χ2v) is 10.1. The van der Waals surface area contributed by atoms with Gasteiger partial charge in [0.05, 0.1) is 18.6 Å². The van der Waals surface area contributed by atoms with Gasteiger partial charge in [0.15, 0.2) is 9.84 Å². The number of rotatable bonds is 4. The highest BCUT2D eigenvalue weighted by Gasteiger charge is 2.38. The number of carboxylic acid groups (broad SMARTS) is 1. The first-order valence-corrected chi connectivity index (χ1v) is 11.7. The van der Waals surface area contributed by atoms with Crippen LogP contribution in [0.2, 0.25) is 0 Å². The number of alkyl halides is 3. The summed E-state index contributed by atoms with van der Waals surface area (Å²) in [6, 6.07) is 6.18. The van der Waals surface area contributed by atoms with Gasteiger partial charge in [0.2, 0.25) is 0 Å². The molecular formula is C20H25F3N2O5S. The normalized spacial score (nSPS) is 20.7. The number of carbonyl (C=O) groups is 1. The lowest BCUT2D eigenvalue weighted by atomic mass is 10.0. The summed E-state index contributed by atoms with van der Waals surface area (Å²) in [6.45, 7) is 2.95. The number of H-pyrrole nitrogens is 1. The second-order valence-electron chi connectivity index (χ2n) is 7.88. The summed E-state index contributed by atoms with van der Waals surface area (Å²) in [5, 5.41) is 8.37. The van der Waals surface area contributed by atoms with Crippen molar-refractivity contribution in [2.24, 2.45) is 5.92 Å². The Kier molecular flexibility index (Phi) is 6.85. The number of hydrogen-bond acceptors (Lipinski definition) is 5. The largest absolute Gasteiger partial charge is 0.497 e. The Hall–Kier alpha value is -2.27. The molecule has 1 saturated heterocycles. The van der Waals surface area contributed by atoms with Crippen LogP contribution in [0, 0.1) is 5.92 Å². The van der Waals surface area contributed by atoms with Gasteiger partial charge in [0, 0.05) is 36.1 Å². The molecular weight excluding hydrogens is 437 g/mol. The van der Waals surface area contributed by atoms with Crippen molar-refractivity contribution in [3.05, 3.63) is 29.5 Å². The molecule has 11 heteroatoms. The number of halogens is 3. The molecule has 0 bridgehead atoms. The Morgan fingerprint density at radius 3 is 2.65 bits per heavy atom. The van der Waals surface area contributed by atoms with Crippen LogP contribution in [-0.4, -0.2) is 67.3 Å². The summed E-state index contributed by atoms with van der Waals surface area (Å²) in [7, 11) is -1.07. The van der Waals surface area contributed by atoms with Crippen LogP contribution in [0.25, 0.3) is 10.9 Å². The van der Waals surface area contributed by atoms with E-state index in [1.54, 1.807) is 7.11 Å². The Bertz CT molecular complexity index is 1050. The molecule has 0 aliphatic carbocycles. The minimum atomic E-state index is -5.08. The van der Waals surface area contributed by atoms with E-state index in [4.69, 9.17) is 14.6 Å². The van der Waals surface area contributed by atoms with E-state index in [0.717, 1.165) is 44.6 Å². The summed E-state index contributed by atoms with van der Waals surface area (Å²) in [4.78, 5) is 14.9. The molecule has 1 aromatic carbocycles. The number of nitrogens with zero attached hydrogens (tertiary/aromatic N) is 1. The van der Waals surface area contributed by atoms with Crippen molar-refractivity contribution in [3.8, 4) is 5.75 Å². The highest BCUT2D eigenvalue weighted by molar-refractivity contribution is 7.91. The minimum Gasteiger partial charge on any atom is -0.497 e. The highest BCUT2D eigenvalue weighted by atomic mass is 32.2. The molecule has 7 nitrogen and oxygen atoms in total. The lowest BCUT2D eigenvalue weighted by molar-refractivity contribution is -0.192. The number of hydrogen-bond donors (Lipinski definition) is 2. The summed E-state index contributed by atoms with van der Waals surface area (Å²) in [5.74, 6) is -0.759. The maximum Gasteiger partial charge on any atom is 0.490 e. The molecule has 0 spiro atoms. The number of aliphatic carboxylic acids is 1. The number of nitrogens with one attached hydrogen (secondary N) is 1. The van der Waals surface area contributed by atoms with Crippen molar-refractivity contribution < 1.29 is 36.2 Å². The summed E-state index contributed by atoms with van der Waals surface area (Å²) < 4.78 is 60.3. The Morgan fingerprint density at radius 1 is 1.35 bits per heavy atom. The molecule has 0 saturated carbocycles. The zero-order valence-electron chi connectivity index (χ0n) is 17.0. The van der Waals surface area contributed by atoms with Crippen LogP contribution in [0.4, 0.5) is 13.2 Å². The van der Waals surface area contributed by atoms with Crippen LogP contribution >= 0.6 is 0 Å². The van der Waals surface area contributed by atoms with Crippen molar-refractivity contribution >= 4 is 26.7 Å². The molecule has 0 radical (unpaired) electrons. The maximum atomic E-state index is 11.6. The van der Waals surface area contributed by atoms with Gasteiger partial charge in [0.1, 0.15) is 5.75 Å². The summed E-state index contributed by atoms with van der Waals surface area (Å²) in [6.07, 6.45) is -2.23. The van der Waals surface area contributed by atoms with Crippen LogP contribution < -0.4 is 4.74 Å². The van der Waals surface area contributed by atoms with E-state index in [2.05, 4.69) is 22.0 Å². The fraction of sp³-hybridized carbons (Fsp3) is 0.550. The van der Waals surface area contributed by atoms with Crippen LogP contribution in [-0.2, 0) is 27.6 Å². The van der Waals surface area contributed by atoms with E-state index in [-0.39, 0.29) is 0 Å². The minimum absolute atomic E-state index is 0.347. The number of aromatic amines is 1. The van der Waals surface area contributed by atoms with Crippen LogP contribution in [0.1, 0.15) is 24.1 Å². The fourth-order valence-electron chi connectivity index (χ4n) is 4.03. The van der Waals surface area contributed by atoms with Gasteiger partial charge in [-0.3, -0.25) is 4.90 Å². The predicted molar refractivity (Wildman–Crippen MR) is 109 cm³/mol. The molecule has 1 atom stereocenters. The van der Waals surface area contributed by atoms with Gasteiger partial charge < -0.3 is 14.8 Å². The number of benzene rings is 1. The third-order valence-corrected chi connectivity index (χ3v) is 7.52. The monoisotopic (exact) mass is 462 g/mol. The fourth-order valence-corrected chi connectivity index (χ4v) is 5.94. The van der Waals surface area contributed by atoms with Crippen molar-refractivity contribution in [1.29, 1.82) is 0 Å². The van der Waals surface area contributed by atoms with Crippen molar-refractivity contribution in [3.63, 3.8) is 0 Å². The van der Waals surface area contributed by atoms with Gasteiger partial charge in [-0.2, -0.15) is 13.2 Å². The van der Waals surface area contributed by atoms with E-state index >= 15 is 0 Å². The quantitative estimate of drug-likeness (QED) is 0.725. The molecule has 1 fully saturated rings. The van der Waals surface area contributed by atoms with E-state index < -0.39 is 22.0 Å². The molecule has 2 aliphatic rings. The first kappa shape index (κ1) is 23.4. The lowest BCUT2D eigenvalue weighted by Crippen LogP contribution is -2.32. The lowest BCUT2D eigenvalue weighted by Gasteiger charge is -2.28. The highest BCUT2D eigenvalue weighted by Crippen LogP contribution is 2.31. The molecule has 172 valence electrons. The smallest absolute Gasteiger partial charge is 0.490 e. The van der Waals surface area contributed by atoms with Gasteiger partial charge in [-0.05, 0) is 49.1 Å². The van der Waals surface area contributed by atoms with Crippen LogP contribution in [0.5, 0.6) is 5.75 Å². The average molecular weight is 462 g/mol. The molecule has 1 aromatic heterocycles. The standard InChI is InChI=1S/C18H24N2O3S.C2HF3O2/c1-23-14-2-3-17-15(10-14)16-11-20(8-5-18(16)19-17)7-4-13-6-9-24(21,22)12-13;3-2(4,5)1(6)7/h2-3,10,13,19H,4-9,11-12H2,1H3;(H,6,7). The Labute approximate surface area is 178 Å². The van der Waals surface area contributed by atoms with E-state index in [1.807, 2.05) is 6.07 Å². The molecule has 31 heavy (non-hydrogen) atoms. The number of aromatic nitrogens is 1. The van der Waals surface area contributed by atoms with Gasteiger partial charge in [-0.1, -0.05) is 0 Å². The van der Waals surface area contributed by atoms with E-state index in [9.17, 15) is 21.6 Å². The first-order valence-electron chi connectivity index (χ1n) is 9.89. The number of fused-ring (bicyclic) bond motifs is 3. The molecule has 2 aromatic rings. The van der Waals surface area contributed by atoms with Crippen molar-refractivity contribution in [2.45, 2.75) is 32.0 Å². The van der Waals surface area contributed by atoms with E-state index in [1.165, 1.54) is 22.2 Å². The average Bonchev–Trinajstić information content (AvgIpc) is 3.24. The van der Waals surface area contributed by atoms with Gasteiger partial charge in [-0.15, -0.1) is 0 Å². The summed E-state index contributed by atoms with van der Waals surface area (Å²) in [5.41, 5.74) is 3.87. The molecule has 2 N–H and O–H groups in total. The number of ether oxygens (including phenoxy) is 1. The molecule has 1 unspecified atom stereocenters. The molecule has 2 aliphatic heterocycles. The molecule has 0 amide bonds. The second kappa shape index (κ2) is 9.07. The zero-order valence-corrected chi connectivity index (χ0v) is 17.9. The molecule has 3 heterocycles. The maximum absolute atomic E-state index is 11.6. The summed E-state index contributed by atoms with van der Waals surface area (Å²) >= 11 is 0. The zero-order chi connectivity index (χ0) is 22.8. The third kappa shape index (κ3) is 5.91. The predicted octanol–water partition coefficient (Wildman–Crippen LogP) is 2.99. The Morgan fingerprint density at radius 2 is 2.06 bits per heavy atom. The number of methoxy groups -OCH3 is 1. The Balaban J connectivity index is 0.000000339. The van der Waals surface area contributed by atoms with Crippen molar-refractivity contribution in [2.75, 3.05) is 31.7 Å². The SMILES string of the molecule is COc1ccc2[nH]c3c(c2c1)CN(CCC1CCS(=O)(=O)C1)CC3.O=C(O)C(F)(F)F. The van der Waals surface area contributed by atoms with Crippen molar-refractivity contribution in [1.82, 2.24) is 9.88 Å². The number of carboxylic acids is 1.